The molecule has 0 aliphatic rings. The monoisotopic (exact) mass is 516 g/mol. The fraction of sp³-hybridized carbons (Fsp3) is 0.481. The molecule has 0 aromatic heterocycles. The van der Waals surface area contributed by atoms with Gasteiger partial charge in [-0.25, -0.2) is 0 Å². The van der Waals surface area contributed by atoms with Gasteiger partial charge in [-0.15, -0.1) is 0 Å². The van der Waals surface area contributed by atoms with Crippen LogP contribution in [0.25, 0.3) is 0 Å². The van der Waals surface area contributed by atoms with Crippen molar-refractivity contribution in [2.24, 2.45) is 0 Å². The number of rotatable bonds is 11. The number of benzene rings is 2. The summed E-state index contributed by atoms with van der Waals surface area (Å²) in [4.78, 5) is 28.0. The Labute approximate surface area is 207 Å². The Hall–Kier alpha value is -2.34. The first-order chi connectivity index (χ1) is 15.7. The van der Waals surface area contributed by atoms with Crippen molar-refractivity contribution in [1.82, 2.24) is 10.2 Å². The molecule has 33 heavy (non-hydrogen) atoms. The molecule has 0 saturated carbocycles. The Balaban J connectivity index is 2.23. The lowest BCUT2D eigenvalue weighted by Gasteiger charge is -2.31. The molecular weight excluding hydrogens is 480 g/mol. The molecule has 0 fully saturated rings. The number of carbonyl (C=O) groups excluding carboxylic acids is 2. The number of amides is 2. The van der Waals surface area contributed by atoms with Crippen LogP contribution in [0.3, 0.4) is 0 Å². The van der Waals surface area contributed by atoms with Crippen LogP contribution in [-0.4, -0.2) is 35.4 Å². The van der Waals surface area contributed by atoms with Crippen LogP contribution in [0.4, 0.5) is 0 Å². The van der Waals surface area contributed by atoms with Gasteiger partial charge in [0.15, 0.2) is 6.61 Å². The molecule has 0 heterocycles. The van der Waals surface area contributed by atoms with Gasteiger partial charge in [0.1, 0.15) is 11.8 Å². The SMILES string of the molecule is CC[C@@H](C)NC(=O)[C@H](CC)N(Cc1cccc(C)c1)C(=O)COc1ccc(C(C)C)cc1Br. The Bertz CT molecular complexity index is 945. The largest absolute Gasteiger partial charge is 0.483 e. The predicted molar refractivity (Wildman–Crippen MR) is 137 cm³/mol. The Morgan fingerprint density at radius 2 is 1.79 bits per heavy atom. The zero-order valence-electron chi connectivity index (χ0n) is 20.7. The molecule has 2 aromatic rings. The maximum absolute atomic E-state index is 13.4. The van der Waals surface area contributed by atoms with E-state index in [1.54, 1.807) is 4.90 Å². The van der Waals surface area contributed by atoms with Gasteiger partial charge in [0.25, 0.3) is 5.91 Å². The van der Waals surface area contributed by atoms with E-state index in [-0.39, 0.29) is 24.5 Å². The molecule has 2 rings (SSSR count). The Morgan fingerprint density at radius 1 is 1.06 bits per heavy atom. The van der Waals surface area contributed by atoms with E-state index in [2.05, 4.69) is 35.1 Å². The molecule has 0 aliphatic heterocycles. The van der Waals surface area contributed by atoms with Crippen molar-refractivity contribution in [2.75, 3.05) is 6.61 Å². The zero-order chi connectivity index (χ0) is 24.5. The number of aryl methyl sites for hydroxylation is 1. The second-order valence-electron chi connectivity index (χ2n) is 8.89. The van der Waals surface area contributed by atoms with E-state index in [1.165, 1.54) is 5.56 Å². The van der Waals surface area contributed by atoms with Gasteiger partial charge < -0.3 is 15.0 Å². The molecule has 0 unspecified atom stereocenters. The number of carbonyl (C=O) groups is 2. The number of ether oxygens (including phenoxy) is 1. The van der Waals surface area contributed by atoms with Crippen LogP contribution in [0.2, 0.25) is 0 Å². The van der Waals surface area contributed by atoms with Gasteiger partial charge in [0.05, 0.1) is 4.47 Å². The zero-order valence-corrected chi connectivity index (χ0v) is 22.2. The van der Waals surface area contributed by atoms with Crippen LogP contribution < -0.4 is 10.1 Å². The van der Waals surface area contributed by atoms with E-state index in [0.717, 1.165) is 22.0 Å². The molecule has 1 N–H and O–H groups in total. The quantitative estimate of drug-likeness (QED) is 0.399. The molecule has 0 radical (unpaired) electrons. The molecule has 0 bridgehead atoms. The average molecular weight is 518 g/mol. The summed E-state index contributed by atoms with van der Waals surface area (Å²) in [5.41, 5.74) is 3.29. The third kappa shape index (κ3) is 7.88. The van der Waals surface area contributed by atoms with E-state index in [4.69, 9.17) is 4.74 Å². The Morgan fingerprint density at radius 3 is 2.36 bits per heavy atom. The summed E-state index contributed by atoms with van der Waals surface area (Å²) in [5.74, 6) is 0.661. The van der Waals surface area contributed by atoms with E-state index >= 15 is 0 Å². The molecule has 0 aliphatic carbocycles. The minimum absolute atomic E-state index is 0.0501. The number of nitrogens with one attached hydrogen (secondary N) is 1. The highest BCUT2D eigenvalue weighted by Gasteiger charge is 2.29. The highest BCUT2D eigenvalue weighted by atomic mass is 79.9. The highest BCUT2D eigenvalue weighted by molar-refractivity contribution is 9.10. The van der Waals surface area contributed by atoms with Crippen molar-refractivity contribution >= 4 is 27.7 Å². The lowest BCUT2D eigenvalue weighted by atomic mass is 10.0. The fourth-order valence-electron chi connectivity index (χ4n) is 3.58. The first-order valence-corrected chi connectivity index (χ1v) is 12.5. The average Bonchev–Trinajstić information content (AvgIpc) is 2.77. The van der Waals surface area contributed by atoms with Crippen LogP contribution >= 0.6 is 15.9 Å². The van der Waals surface area contributed by atoms with Crippen molar-refractivity contribution < 1.29 is 14.3 Å². The lowest BCUT2D eigenvalue weighted by Crippen LogP contribution is -2.51. The number of nitrogens with zero attached hydrogens (tertiary/aromatic N) is 1. The molecule has 0 spiro atoms. The van der Waals surface area contributed by atoms with Gasteiger partial charge in [-0.2, -0.15) is 0 Å². The van der Waals surface area contributed by atoms with Crippen LogP contribution in [0, 0.1) is 6.92 Å². The lowest BCUT2D eigenvalue weighted by molar-refractivity contribution is -0.143. The normalized spacial score (nSPS) is 12.8. The molecule has 2 aromatic carbocycles. The molecule has 6 heteroatoms. The molecule has 5 nitrogen and oxygen atoms in total. The van der Waals surface area contributed by atoms with Crippen LogP contribution in [0.15, 0.2) is 46.9 Å². The summed E-state index contributed by atoms with van der Waals surface area (Å²) in [6.07, 6.45) is 1.35. The second-order valence-corrected chi connectivity index (χ2v) is 9.74. The molecular formula is C27H37BrN2O3. The summed E-state index contributed by atoms with van der Waals surface area (Å²) in [7, 11) is 0. The summed E-state index contributed by atoms with van der Waals surface area (Å²) < 4.78 is 6.70. The van der Waals surface area contributed by atoms with Crippen molar-refractivity contribution in [3.8, 4) is 5.75 Å². The number of hydrogen-bond acceptors (Lipinski definition) is 3. The van der Waals surface area contributed by atoms with E-state index in [0.29, 0.717) is 24.6 Å². The molecule has 180 valence electrons. The third-order valence-corrected chi connectivity index (χ3v) is 6.42. The summed E-state index contributed by atoms with van der Waals surface area (Å²) in [6.45, 7) is 12.4. The minimum Gasteiger partial charge on any atom is -0.483 e. The molecule has 2 amide bonds. The van der Waals surface area contributed by atoms with Crippen LogP contribution in [0.1, 0.15) is 70.1 Å². The molecule has 0 saturated heterocycles. The van der Waals surface area contributed by atoms with Gasteiger partial charge in [-0.3, -0.25) is 9.59 Å². The summed E-state index contributed by atoms with van der Waals surface area (Å²) >= 11 is 3.55. The fourth-order valence-corrected chi connectivity index (χ4v) is 4.09. The second kappa shape index (κ2) is 12.8. The summed E-state index contributed by atoms with van der Waals surface area (Å²) in [6, 6.07) is 13.4. The van der Waals surface area contributed by atoms with Crippen molar-refractivity contribution in [3.63, 3.8) is 0 Å². The van der Waals surface area contributed by atoms with Crippen molar-refractivity contribution in [1.29, 1.82) is 0 Å². The van der Waals surface area contributed by atoms with Gasteiger partial charge >= 0.3 is 0 Å². The van der Waals surface area contributed by atoms with Gasteiger partial charge in [0, 0.05) is 12.6 Å². The van der Waals surface area contributed by atoms with Gasteiger partial charge in [0.2, 0.25) is 5.91 Å². The predicted octanol–water partition coefficient (Wildman–Crippen LogP) is 5.98. The number of halogens is 1. The van der Waals surface area contributed by atoms with E-state index < -0.39 is 6.04 Å². The first-order valence-electron chi connectivity index (χ1n) is 11.7. The third-order valence-electron chi connectivity index (χ3n) is 5.80. The first kappa shape index (κ1) is 26.9. The Kier molecular flexibility index (Phi) is 10.4. The molecule has 2 atom stereocenters. The van der Waals surface area contributed by atoms with Crippen molar-refractivity contribution in [3.05, 3.63) is 63.6 Å². The minimum atomic E-state index is -0.567. The van der Waals surface area contributed by atoms with Gasteiger partial charge in [-0.05, 0) is 71.8 Å². The maximum atomic E-state index is 13.4. The van der Waals surface area contributed by atoms with E-state index in [1.807, 2.05) is 70.2 Å². The van der Waals surface area contributed by atoms with Crippen LogP contribution in [-0.2, 0) is 16.1 Å². The summed E-state index contributed by atoms with van der Waals surface area (Å²) in [5, 5.41) is 3.03. The smallest absolute Gasteiger partial charge is 0.261 e. The maximum Gasteiger partial charge on any atom is 0.261 e. The van der Waals surface area contributed by atoms with Crippen LogP contribution in [0.5, 0.6) is 5.75 Å². The van der Waals surface area contributed by atoms with E-state index in [9.17, 15) is 9.59 Å². The standard InChI is InChI=1S/C27H37BrN2O3/c1-7-20(6)29-27(32)24(8-2)30(16-21-11-9-10-19(5)14-21)26(31)17-33-25-13-12-22(18(3)4)15-23(25)28/h9-15,18,20,24H,7-8,16-17H2,1-6H3,(H,29,32)/t20-,24+/m1/s1. The number of hydrogen-bond donors (Lipinski definition) is 1. The topological polar surface area (TPSA) is 58.6 Å². The highest BCUT2D eigenvalue weighted by Crippen LogP contribution is 2.29. The van der Waals surface area contributed by atoms with Crippen molar-refractivity contribution in [2.45, 2.75) is 78.9 Å². The van der Waals surface area contributed by atoms with Gasteiger partial charge in [-0.1, -0.05) is 63.6 Å².